The number of nitrogens with one attached hydrogen (secondary N) is 2. The highest BCUT2D eigenvalue weighted by Crippen LogP contribution is 2.35. The molecule has 6 nitrogen and oxygen atoms in total. The lowest BCUT2D eigenvalue weighted by Crippen LogP contribution is -2.20. The third-order valence-corrected chi connectivity index (χ3v) is 3.66. The van der Waals surface area contributed by atoms with Crippen LogP contribution in [0.4, 0.5) is 16.3 Å². The van der Waals surface area contributed by atoms with Crippen molar-refractivity contribution < 1.29 is 14.1 Å². The monoisotopic (exact) mass is 327 g/mol. The lowest BCUT2D eigenvalue weighted by Gasteiger charge is -2.12. The van der Waals surface area contributed by atoms with E-state index in [-0.39, 0.29) is 0 Å². The number of anilines is 2. The molecule has 8 heteroatoms. The van der Waals surface area contributed by atoms with E-state index in [0.29, 0.717) is 28.0 Å². The van der Waals surface area contributed by atoms with E-state index in [9.17, 15) is 4.79 Å². The van der Waals surface area contributed by atoms with E-state index in [4.69, 9.17) is 20.9 Å². The molecule has 0 bridgehead atoms. The van der Waals surface area contributed by atoms with Gasteiger partial charge in [-0.1, -0.05) is 16.8 Å². The molecular weight excluding hydrogens is 314 g/mol. The number of urea groups is 1. The highest BCUT2D eigenvalue weighted by molar-refractivity contribution is 7.98. The number of thioether (sulfide) groups is 1. The number of halogens is 1. The smallest absolute Gasteiger partial charge is 0.324 e. The fourth-order valence-electron chi connectivity index (χ4n) is 1.65. The van der Waals surface area contributed by atoms with Gasteiger partial charge in [0.2, 0.25) is 0 Å². The fourth-order valence-corrected chi connectivity index (χ4v) is 2.45. The van der Waals surface area contributed by atoms with Crippen molar-refractivity contribution in [2.45, 2.75) is 11.8 Å². The molecule has 0 saturated heterocycles. The van der Waals surface area contributed by atoms with Crippen molar-refractivity contribution >= 4 is 40.9 Å². The topological polar surface area (TPSA) is 76.4 Å². The highest BCUT2D eigenvalue weighted by Gasteiger charge is 2.12. The van der Waals surface area contributed by atoms with Gasteiger partial charge in [0, 0.05) is 11.0 Å². The molecule has 0 unspecified atom stereocenters. The van der Waals surface area contributed by atoms with E-state index >= 15 is 0 Å². The van der Waals surface area contributed by atoms with Crippen LogP contribution in [0.5, 0.6) is 5.75 Å². The Balaban J connectivity index is 2.14. The van der Waals surface area contributed by atoms with E-state index in [0.717, 1.165) is 4.90 Å². The number of hydrogen-bond donors (Lipinski definition) is 2. The Morgan fingerprint density at radius 3 is 2.71 bits per heavy atom. The van der Waals surface area contributed by atoms with Crippen molar-refractivity contribution in [2.24, 2.45) is 0 Å². The van der Waals surface area contributed by atoms with Gasteiger partial charge < -0.3 is 14.6 Å². The second-order valence-electron chi connectivity index (χ2n) is 4.09. The second kappa shape index (κ2) is 6.73. The summed E-state index contributed by atoms with van der Waals surface area (Å²) in [4.78, 5) is 12.8. The molecule has 0 aliphatic rings. The van der Waals surface area contributed by atoms with E-state index in [1.807, 2.05) is 6.26 Å². The van der Waals surface area contributed by atoms with Crippen molar-refractivity contribution in [1.82, 2.24) is 5.16 Å². The van der Waals surface area contributed by atoms with Crippen LogP contribution in [0.2, 0.25) is 5.02 Å². The Labute approximate surface area is 131 Å². The third kappa shape index (κ3) is 3.83. The first-order valence-electron chi connectivity index (χ1n) is 5.96. The van der Waals surface area contributed by atoms with Gasteiger partial charge in [0.1, 0.15) is 11.5 Å². The summed E-state index contributed by atoms with van der Waals surface area (Å²) in [5.74, 6) is 1.51. The van der Waals surface area contributed by atoms with Crippen LogP contribution >= 0.6 is 23.4 Å². The number of aromatic nitrogens is 1. The first-order chi connectivity index (χ1) is 10.0. The number of carbonyl (C=O) groups excluding carboxylic acids is 1. The predicted octanol–water partition coefficient (Wildman–Crippen LogP) is 4.01. The van der Waals surface area contributed by atoms with Crippen LogP contribution in [-0.2, 0) is 0 Å². The maximum Gasteiger partial charge on any atom is 0.324 e. The van der Waals surface area contributed by atoms with Gasteiger partial charge in [0.15, 0.2) is 5.82 Å². The Hall–Kier alpha value is -1.86. The van der Waals surface area contributed by atoms with E-state index in [2.05, 4.69) is 15.8 Å². The lowest BCUT2D eigenvalue weighted by atomic mass is 10.3. The number of aryl methyl sites for hydroxylation is 1. The summed E-state index contributed by atoms with van der Waals surface area (Å²) in [6.45, 7) is 1.74. The lowest BCUT2D eigenvalue weighted by molar-refractivity contribution is 0.262. The number of methoxy groups -OCH3 is 1. The van der Waals surface area contributed by atoms with E-state index in [1.165, 1.54) is 18.9 Å². The summed E-state index contributed by atoms with van der Waals surface area (Å²) in [7, 11) is 1.54. The molecule has 112 valence electrons. The molecule has 2 amide bonds. The average molecular weight is 328 g/mol. The van der Waals surface area contributed by atoms with Gasteiger partial charge in [-0.2, -0.15) is 0 Å². The van der Waals surface area contributed by atoms with Crippen LogP contribution < -0.4 is 15.4 Å². The van der Waals surface area contributed by atoms with Gasteiger partial charge in [0.05, 0.1) is 17.8 Å². The van der Waals surface area contributed by atoms with Crippen molar-refractivity contribution in [3.63, 3.8) is 0 Å². The molecule has 0 radical (unpaired) electrons. The van der Waals surface area contributed by atoms with Crippen LogP contribution in [0.3, 0.4) is 0 Å². The van der Waals surface area contributed by atoms with Gasteiger partial charge in [-0.15, -0.1) is 11.8 Å². The molecule has 2 N–H and O–H groups in total. The zero-order valence-corrected chi connectivity index (χ0v) is 13.3. The quantitative estimate of drug-likeness (QED) is 0.830. The molecule has 0 aliphatic heterocycles. The summed E-state index contributed by atoms with van der Waals surface area (Å²) in [5.41, 5.74) is 0.589. The molecule has 0 fully saturated rings. The van der Waals surface area contributed by atoms with Crippen LogP contribution in [0, 0.1) is 6.92 Å². The Kier molecular flexibility index (Phi) is 4.98. The standard InChI is InChI=1S/C13H14ClN3O3S/c1-7-4-12(17-20-7)16-13(18)15-9-5-8(14)10(19-2)6-11(9)21-3/h4-6H,1-3H3,(H2,15,16,17,18). The molecule has 0 spiro atoms. The Morgan fingerprint density at radius 2 is 2.14 bits per heavy atom. The Bertz CT molecular complexity index is 660. The zero-order chi connectivity index (χ0) is 15.4. The number of ether oxygens (including phenoxy) is 1. The molecule has 0 saturated carbocycles. The summed E-state index contributed by atoms with van der Waals surface area (Å²) in [5, 5.41) is 9.40. The minimum atomic E-state index is -0.431. The zero-order valence-electron chi connectivity index (χ0n) is 11.7. The summed E-state index contributed by atoms with van der Waals surface area (Å²) in [6.07, 6.45) is 1.90. The van der Waals surface area contributed by atoms with Crippen molar-refractivity contribution in [3.8, 4) is 5.75 Å². The third-order valence-electron chi connectivity index (χ3n) is 2.59. The van der Waals surface area contributed by atoms with Crippen LogP contribution in [0.15, 0.2) is 27.6 Å². The largest absolute Gasteiger partial charge is 0.495 e. The minimum absolute atomic E-state index is 0.343. The van der Waals surface area contributed by atoms with Crippen LogP contribution in [0.25, 0.3) is 0 Å². The van der Waals surface area contributed by atoms with Gasteiger partial charge in [-0.05, 0) is 25.3 Å². The second-order valence-corrected chi connectivity index (χ2v) is 5.34. The maximum atomic E-state index is 11.9. The number of carbonyl (C=O) groups is 1. The van der Waals surface area contributed by atoms with Crippen molar-refractivity contribution in [2.75, 3.05) is 24.0 Å². The maximum absolute atomic E-state index is 11.9. The SMILES string of the molecule is COc1cc(SC)c(NC(=O)Nc2cc(C)on2)cc1Cl. The molecule has 21 heavy (non-hydrogen) atoms. The first-order valence-corrected chi connectivity index (χ1v) is 7.56. The Morgan fingerprint density at radius 1 is 1.38 bits per heavy atom. The predicted molar refractivity (Wildman–Crippen MR) is 83.7 cm³/mol. The normalized spacial score (nSPS) is 10.3. The van der Waals surface area contributed by atoms with Crippen LogP contribution in [0.1, 0.15) is 5.76 Å². The van der Waals surface area contributed by atoms with Crippen LogP contribution in [-0.4, -0.2) is 24.6 Å². The van der Waals surface area contributed by atoms with Gasteiger partial charge in [-0.3, -0.25) is 5.32 Å². The van der Waals surface area contributed by atoms with E-state index < -0.39 is 6.03 Å². The number of hydrogen-bond acceptors (Lipinski definition) is 5. The highest BCUT2D eigenvalue weighted by atomic mass is 35.5. The van der Waals surface area contributed by atoms with Crippen molar-refractivity contribution in [1.29, 1.82) is 0 Å². The van der Waals surface area contributed by atoms with E-state index in [1.54, 1.807) is 25.1 Å². The number of benzene rings is 1. The molecule has 0 aliphatic carbocycles. The summed E-state index contributed by atoms with van der Waals surface area (Å²) >= 11 is 7.54. The number of amides is 2. The number of rotatable bonds is 4. The molecule has 2 aromatic rings. The molecule has 1 heterocycles. The van der Waals surface area contributed by atoms with Gasteiger partial charge in [-0.25, -0.2) is 4.79 Å². The summed E-state index contributed by atoms with van der Waals surface area (Å²) in [6, 6.07) is 4.60. The van der Waals surface area contributed by atoms with Gasteiger partial charge in [0.25, 0.3) is 0 Å². The summed E-state index contributed by atoms with van der Waals surface area (Å²) < 4.78 is 10.0. The fraction of sp³-hybridized carbons (Fsp3) is 0.231. The molecule has 1 aromatic carbocycles. The molecule has 0 atom stereocenters. The average Bonchev–Trinajstić information content (AvgIpc) is 2.84. The first kappa shape index (κ1) is 15.5. The van der Waals surface area contributed by atoms with Crippen molar-refractivity contribution in [3.05, 3.63) is 29.0 Å². The van der Waals surface area contributed by atoms with Gasteiger partial charge >= 0.3 is 6.03 Å². The number of nitrogens with zero attached hydrogens (tertiary/aromatic N) is 1. The molecule has 1 aromatic heterocycles. The molecular formula is C13H14ClN3O3S. The molecule has 2 rings (SSSR count). The minimum Gasteiger partial charge on any atom is -0.495 e.